The molecule has 0 radical (unpaired) electrons. The van der Waals surface area contributed by atoms with Crippen LogP contribution in [0.5, 0.6) is 0 Å². The van der Waals surface area contributed by atoms with Crippen molar-refractivity contribution in [2.45, 2.75) is 19.0 Å². The Balaban J connectivity index is 1.96. The van der Waals surface area contributed by atoms with Gasteiger partial charge in [0.15, 0.2) is 9.84 Å². The largest absolute Gasteiger partial charge is 0.298 e. The summed E-state index contributed by atoms with van der Waals surface area (Å²) in [6.07, 6.45) is 0.768. The van der Waals surface area contributed by atoms with Gasteiger partial charge in [-0.3, -0.25) is 4.90 Å². The molecule has 1 aliphatic heterocycles. The molecule has 0 aromatic carbocycles. The van der Waals surface area contributed by atoms with E-state index in [1.807, 2.05) is 7.05 Å². The third kappa shape index (κ3) is 3.06. The van der Waals surface area contributed by atoms with Gasteiger partial charge in [-0.05, 0) is 46.4 Å². The van der Waals surface area contributed by atoms with Crippen LogP contribution in [0.1, 0.15) is 12.0 Å². The maximum absolute atomic E-state index is 11.4. The summed E-state index contributed by atoms with van der Waals surface area (Å²) in [7, 11) is -0.779. The van der Waals surface area contributed by atoms with Crippen LogP contribution in [0.2, 0.25) is 0 Å². The highest BCUT2D eigenvalue weighted by Gasteiger charge is 2.30. The molecular weight excluding hydrogens is 310 g/mol. The van der Waals surface area contributed by atoms with Gasteiger partial charge in [-0.15, -0.1) is 11.3 Å². The minimum absolute atomic E-state index is 0.184. The lowest BCUT2D eigenvalue weighted by Gasteiger charge is -2.22. The highest BCUT2D eigenvalue weighted by Crippen LogP contribution is 2.23. The van der Waals surface area contributed by atoms with Crippen LogP contribution in [0, 0.1) is 0 Å². The van der Waals surface area contributed by atoms with E-state index in [2.05, 4.69) is 32.3 Å². The van der Waals surface area contributed by atoms with E-state index in [-0.39, 0.29) is 6.04 Å². The molecule has 2 rings (SSSR count). The minimum atomic E-state index is -2.78. The third-order valence-electron chi connectivity index (χ3n) is 2.89. The first-order valence-corrected chi connectivity index (χ1v) is 8.59. The van der Waals surface area contributed by atoms with Crippen LogP contribution in [0.25, 0.3) is 0 Å². The van der Waals surface area contributed by atoms with Gasteiger partial charge in [0.2, 0.25) is 0 Å². The zero-order valence-electron chi connectivity index (χ0n) is 9.02. The van der Waals surface area contributed by atoms with Crippen molar-refractivity contribution in [3.63, 3.8) is 0 Å². The van der Waals surface area contributed by atoms with E-state index >= 15 is 0 Å². The van der Waals surface area contributed by atoms with Gasteiger partial charge in [-0.25, -0.2) is 8.42 Å². The lowest BCUT2D eigenvalue weighted by atomic mass is 10.2. The van der Waals surface area contributed by atoms with Gasteiger partial charge in [-0.2, -0.15) is 0 Å². The Bertz CT molecular complexity index is 469. The van der Waals surface area contributed by atoms with Crippen LogP contribution >= 0.6 is 27.3 Å². The van der Waals surface area contributed by atoms with E-state index in [0.29, 0.717) is 11.5 Å². The van der Waals surface area contributed by atoms with Crippen molar-refractivity contribution in [2.24, 2.45) is 0 Å². The molecule has 0 amide bonds. The van der Waals surface area contributed by atoms with Gasteiger partial charge < -0.3 is 0 Å². The minimum Gasteiger partial charge on any atom is -0.298 e. The second-order valence-electron chi connectivity index (χ2n) is 4.23. The first-order valence-electron chi connectivity index (χ1n) is 5.10. The van der Waals surface area contributed by atoms with Crippen molar-refractivity contribution < 1.29 is 8.42 Å². The molecule has 1 aromatic rings. The Morgan fingerprint density at radius 3 is 2.88 bits per heavy atom. The van der Waals surface area contributed by atoms with Crippen LogP contribution in [0.3, 0.4) is 0 Å². The monoisotopic (exact) mass is 323 g/mol. The van der Waals surface area contributed by atoms with Crippen molar-refractivity contribution >= 4 is 37.1 Å². The van der Waals surface area contributed by atoms with E-state index < -0.39 is 9.84 Å². The van der Waals surface area contributed by atoms with E-state index in [1.165, 1.54) is 5.56 Å². The van der Waals surface area contributed by atoms with E-state index in [0.717, 1.165) is 16.8 Å². The molecule has 6 heteroatoms. The van der Waals surface area contributed by atoms with E-state index in [1.54, 1.807) is 11.3 Å². The highest BCUT2D eigenvalue weighted by molar-refractivity contribution is 9.11. The quantitative estimate of drug-likeness (QED) is 0.855. The molecule has 90 valence electrons. The fourth-order valence-corrected chi connectivity index (χ4v) is 4.97. The number of nitrogens with zero attached hydrogens (tertiary/aromatic N) is 1. The number of thiophene rings is 1. The molecule has 0 spiro atoms. The van der Waals surface area contributed by atoms with Crippen molar-refractivity contribution in [3.8, 4) is 0 Å². The lowest BCUT2D eigenvalue weighted by molar-refractivity contribution is 0.254. The molecule has 0 bridgehead atoms. The molecule has 0 unspecified atom stereocenters. The number of rotatable bonds is 3. The van der Waals surface area contributed by atoms with Gasteiger partial charge in [0.1, 0.15) is 0 Å². The Hall–Kier alpha value is 0.0900. The molecule has 0 aliphatic carbocycles. The van der Waals surface area contributed by atoms with Crippen molar-refractivity contribution in [1.29, 1.82) is 0 Å². The fraction of sp³-hybridized carbons (Fsp3) is 0.600. The Labute approximate surface area is 109 Å². The number of hydrogen-bond donors (Lipinski definition) is 0. The third-order valence-corrected chi connectivity index (χ3v) is 6.19. The highest BCUT2D eigenvalue weighted by atomic mass is 79.9. The molecule has 1 aromatic heterocycles. The molecule has 2 heterocycles. The normalized spacial score (nSPS) is 24.1. The van der Waals surface area contributed by atoms with E-state index in [4.69, 9.17) is 0 Å². The molecular formula is C10H14BrNO2S2. The maximum Gasteiger partial charge on any atom is 0.151 e. The smallest absolute Gasteiger partial charge is 0.151 e. The molecule has 16 heavy (non-hydrogen) atoms. The van der Waals surface area contributed by atoms with Crippen LogP contribution in [-0.2, 0) is 16.4 Å². The average molecular weight is 324 g/mol. The Morgan fingerprint density at radius 1 is 1.62 bits per heavy atom. The number of halogens is 1. The Morgan fingerprint density at radius 2 is 2.38 bits per heavy atom. The molecule has 1 aliphatic rings. The van der Waals surface area contributed by atoms with Gasteiger partial charge >= 0.3 is 0 Å². The van der Waals surface area contributed by atoms with Gasteiger partial charge in [-0.1, -0.05) is 0 Å². The summed E-state index contributed by atoms with van der Waals surface area (Å²) in [4.78, 5) is 2.14. The predicted octanol–water partition coefficient (Wildman–Crippen LogP) is 2.13. The van der Waals surface area contributed by atoms with Gasteiger partial charge in [0.05, 0.1) is 15.3 Å². The zero-order valence-corrected chi connectivity index (χ0v) is 12.2. The van der Waals surface area contributed by atoms with Crippen molar-refractivity contribution in [2.75, 3.05) is 18.6 Å². The molecule has 1 atom stereocenters. The van der Waals surface area contributed by atoms with Crippen LogP contribution in [0.4, 0.5) is 0 Å². The topological polar surface area (TPSA) is 37.4 Å². The molecule has 0 N–H and O–H groups in total. The van der Waals surface area contributed by atoms with Crippen molar-refractivity contribution in [1.82, 2.24) is 4.90 Å². The first-order chi connectivity index (χ1) is 7.46. The van der Waals surface area contributed by atoms with E-state index in [9.17, 15) is 8.42 Å². The molecule has 3 nitrogen and oxygen atoms in total. The molecule has 1 fully saturated rings. The summed E-state index contributed by atoms with van der Waals surface area (Å²) in [6.45, 7) is 0.822. The van der Waals surface area contributed by atoms with Crippen molar-refractivity contribution in [3.05, 3.63) is 20.8 Å². The summed E-state index contributed by atoms with van der Waals surface area (Å²) in [5, 5.41) is 2.10. The molecule has 1 saturated heterocycles. The summed E-state index contributed by atoms with van der Waals surface area (Å²) >= 11 is 5.09. The standard InChI is InChI=1S/C10H14BrNO2S2/c1-12(5-8-4-10(11)15-6-8)9-2-3-16(13,14)7-9/h4,6,9H,2-3,5,7H2,1H3/t9-/m0/s1. The van der Waals surface area contributed by atoms with Gasteiger partial charge in [0.25, 0.3) is 0 Å². The lowest BCUT2D eigenvalue weighted by Crippen LogP contribution is -2.31. The first kappa shape index (κ1) is 12.5. The fourth-order valence-electron chi connectivity index (χ4n) is 1.97. The van der Waals surface area contributed by atoms with Gasteiger partial charge in [0, 0.05) is 12.6 Å². The Kier molecular flexibility index (Phi) is 3.73. The summed E-state index contributed by atoms with van der Waals surface area (Å²) in [5.74, 6) is 0.657. The van der Waals surface area contributed by atoms with Crippen LogP contribution < -0.4 is 0 Å². The number of hydrogen-bond acceptors (Lipinski definition) is 4. The van der Waals surface area contributed by atoms with Crippen LogP contribution in [0.15, 0.2) is 15.2 Å². The predicted molar refractivity (Wildman–Crippen MR) is 70.5 cm³/mol. The maximum atomic E-state index is 11.4. The average Bonchev–Trinajstić information content (AvgIpc) is 2.72. The summed E-state index contributed by atoms with van der Waals surface area (Å²) in [6, 6.07) is 2.27. The molecule has 0 saturated carbocycles. The SMILES string of the molecule is CN(Cc1csc(Br)c1)[C@H]1CCS(=O)(=O)C1. The second-order valence-corrected chi connectivity index (χ2v) is 8.75. The van der Waals surface area contributed by atoms with Crippen LogP contribution in [-0.4, -0.2) is 37.9 Å². The summed E-state index contributed by atoms with van der Waals surface area (Å²) < 4.78 is 23.9. The zero-order chi connectivity index (χ0) is 11.8. The summed E-state index contributed by atoms with van der Waals surface area (Å²) in [5.41, 5.74) is 1.24. The second kappa shape index (κ2) is 4.76. The number of sulfone groups is 1.